The molecule has 0 bridgehead atoms. The molecular formula is C14H20N2O2. The van der Waals surface area contributed by atoms with Gasteiger partial charge in [0.15, 0.2) is 0 Å². The van der Waals surface area contributed by atoms with Gasteiger partial charge in [-0.05, 0) is 31.9 Å². The van der Waals surface area contributed by atoms with Gasteiger partial charge in [-0.25, -0.2) is 0 Å². The Kier molecular flexibility index (Phi) is 3.57. The predicted molar refractivity (Wildman–Crippen MR) is 71.7 cm³/mol. The summed E-state index contributed by atoms with van der Waals surface area (Å²) in [7, 11) is 0. The van der Waals surface area contributed by atoms with Crippen LogP contribution in [0.4, 0.5) is 5.69 Å². The maximum Gasteiger partial charge on any atom is 0.245 e. The highest BCUT2D eigenvalue weighted by Gasteiger charge is 2.33. The Morgan fingerprint density at radius 3 is 2.56 bits per heavy atom. The van der Waals surface area contributed by atoms with E-state index in [9.17, 15) is 9.90 Å². The first-order chi connectivity index (χ1) is 8.54. The number of nitrogens with zero attached hydrogens (tertiary/aromatic N) is 1. The van der Waals surface area contributed by atoms with Gasteiger partial charge in [0, 0.05) is 18.3 Å². The molecule has 1 amide bonds. The van der Waals surface area contributed by atoms with Crippen molar-refractivity contribution in [2.24, 2.45) is 0 Å². The number of aryl methyl sites for hydroxylation is 2. The fraction of sp³-hybridized carbons (Fsp3) is 0.500. The maximum absolute atomic E-state index is 11.9. The summed E-state index contributed by atoms with van der Waals surface area (Å²) in [5.74, 6) is -0.0982. The molecule has 2 N–H and O–H groups in total. The van der Waals surface area contributed by atoms with Gasteiger partial charge in [-0.15, -0.1) is 0 Å². The van der Waals surface area contributed by atoms with E-state index in [0.717, 1.165) is 23.4 Å². The van der Waals surface area contributed by atoms with E-state index in [4.69, 9.17) is 0 Å². The summed E-state index contributed by atoms with van der Waals surface area (Å²) >= 11 is 0. The molecule has 1 saturated heterocycles. The Hall–Kier alpha value is -1.55. The average molecular weight is 248 g/mol. The third kappa shape index (κ3) is 2.20. The van der Waals surface area contributed by atoms with Crippen LogP contribution in [0.5, 0.6) is 0 Å². The number of para-hydroxylation sites is 1. The molecule has 0 aliphatic carbocycles. The van der Waals surface area contributed by atoms with Gasteiger partial charge in [-0.3, -0.25) is 4.79 Å². The van der Waals surface area contributed by atoms with Crippen LogP contribution in [0.25, 0.3) is 0 Å². The molecule has 4 nitrogen and oxygen atoms in total. The molecule has 2 atom stereocenters. The number of aliphatic hydroxyl groups excluding tert-OH is 1. The lowest BCUT2D eigenvalue weighted by molar-refractivity contribution is -0.125. The first-order valence-electron chi connectivity index (χ1n) is 6.28. The van der Waals surface area contributed by atoms with E-state index < -0.39 is 6.04 Å². The first kappa shape index (κ1) is 12.9. The number of anilines is 1. The van der Waals surface area contributed by atoms with Crippen molar-refractivity contribution in [1.29, 1.82) is 0 Å². The molecular weight excluding hydrogens is 228 g/mol. The van der Waals surface area contributed by atoms with Crippen molar-refractivity contribution in [2.45, 2.75) is 32.9 Å². The zero-order valence-electron chi connectivity index (χ0n) is 11.1. The minimum absolute atomic E-state index is 0.0966. The van der Waals surface area contributed by atoms with Crippen LogP contribution < -0.4 is 10.2 Å². The van der Waals surface area contributed by atoms with Crippen LogP contribution in [0.2, 0.25) is 0 Å². The second-order valence-corrected chi connectivity index (χ2v) is 5.00. The van der Waals surface area contributed by atoms with Crippen LogP contribution in [-0.4, -0.2) is 36.2 Å². The normalized spacial score (nSPS) is 24.0. The Bertz CT molecular complexity index is 439. The minimum atomic E-state index is -0.485. The zero-order chi connectivity index (χ0) is 13.3. The van der Waals surface area contributed by atoms with E-state index in [1.165, 1.54) is 0 Å². The highest BCUT2D eigenvalue weighted by molar-refractivity contribution is 5.87. The molecule has 1 fully saturated rings. The van der Waals surface area contributed by atoms with Gasteiger partial charge >= 0.3 is 0 Å². The van der Waals surface area contributed by atoms with Gasteiger partial charge in [-0.1, -0.05) is 18.2 Å². The molecule has 2 rings (SSSR count). The van der Waals surface area contributed by atoms with E-state index in [1.807, 2.05) is 43.9 Å². The molecule has 0 spiro atoms. The molecule has 0 radical (unpaired) electrons. The molecule has 18 heavy (non-hydrogen) atoms. The number of carbonyl (C=O) groups excluding carboxylic acids is 1. The van der Waals surface area contributed by atoms with Crippen molar-refractivity contribution in [3.05, 3.63) is 29.3 Å². The van der Waals surface area contributed by atoms with Crippen molar-refractivity contribution in [1.82, 2.24) is 5.32 Å². The number of benzene rings is 1. The van der Waals surface area contributed by atoms with Crippen LogP contribution in [0.1, 0.15) is 18.1 Å². The number of nitrogens with one attached hydrogen (secondary N) is 1. The summed E-state index contributed by atoms with van der Waals surface area (Å²) in [6.45, 7) is 6.61. The minimum Gasteiger partial charge on any atom is -0.394 e. The second kappa shape index (κ2) is 4.98. The average Bonchev–Trinajstić information content (AvgIpc) is 2.28. The topological polar surface area (TPSA) is 52.6 Å². The highest BCUT2D eigenvalue weighted by atomic mass is 16.3. The number of hydrogen-bond acceptors (Lipinski definition) is 3. The fourth-order valence-corrected chi connectivity index (χ4v) is 2.64. The van der Waals surface area contributed by atoms with Gasteiger partial charge < -0.3 is 15.3 Å². The van der Waals surface area contributed by atoms with Crippen LogP contribution >= 0.6 is 0 Å². The molecule has 1 heterocycles. The van der Waals surface area contributed by atoms with Crippen molar-refractivity contribution < 1.29 is 9.90 Å². The van der Waals surface area contributed by atoms with Gasteiger partial charge in [0.1, 0.15) is 6.04 Å². The lowest BCUT2D eigenvalue weighted by Gasteiger charge is -2.40. The van der Waals surface area contributed by atoms with Crippen molar-refractivity contribution in [3.63, 3.8) is 0 Å². The van der Waals surface area contributed by atoms with Crippen LogP contribution in [-0.2, 0) is 4.79 Å². The fourth-order valence-electron chi connectivity index (χ4n) is 2.64. The van der Waals surface area contributed by atoms with Gasteiger partial charge in [0.05, 0.1) is 6.61 Å². The molecule has 1 aromatic rings. The number of carbonyl (C=O) groups is 1. The number of rotatable bonds is 2. The third-order valence-electron chi connectivity index (χ3n) is 3.44. The molecule has 4 heteroatoms. The smallest absolute Gasteiger partial charge is 0.245 e. The van der Waals surface area contributed by atoms with E-state index in [1.54, 1.807) is 0 Å². The number of amides is 1. The SMILES string of the molecule is Cc1cccc(C)c1N1CC(C)NC(=O)C1CO. The molecule has 2 unspecified atom stereocenters. The molecule has 1 aliphatic heterocycles. The lowest BCUT2D eigenvalue weighted by atomic mass is 10.0. The van der Waals surface area contributed by atoms with E-state index >= 15 is 0 Å². The Balaban J connectivity index is 2.43. The van der Waals surface area contributed by atoms with Gasteiger partial charge in [-0.2, -0.15) is 0 Å². The standard InChI is InChI=1S/C14H20N2O2/c1-9-5-4-6-10(2)13(9)16-7-11(3)15-14(18)12(16)8-17/h4-6,11-12,17H,7-8H2,1-3H3,(H,15,18). The Labute approximate surface area is 108 Å². The summed E-state index contributed by atoms with van der Waals surface area (Å²) in [4.78, 5) is 14.0. The quantitative estimate of drug-likeness (QED) is 0.820. The number of hydrogen-bond donors (Lipinski definition) is 2. The monoisotopic (exact) mass is 248 g/mol. The van der Waals surface area contributed by atoms with Gasteiger partial charge in [0.25, 0.3) is 0 Å². The van der Waals surface area contributed by atoms with E-state index in [0.29, 0.717) is 0 Å². The molecule has 0 aromatic heterocycles. The van der Waals surface area contributed by atoms with Crippen molar-refractivity contribution in [3.8, 4) is 0 Å². The largest absolute Gasteiger partial charge is 0.394 e. The molecule has 1 aliphatic rings. The Morgan fingerprint density at radius 1 is 1.39 bits per heavy atom. The molecule has 98 valence electrons. The van der Waals surface area contributed by atoms with Gasteiger partial charge in [0.2, 0.25) is 5.91 Å². The third-order valence-corrected chi connectivity index (χ3v) is 3.44. The van der Waals surface area contributed by atoms with Crippen molar-refractivity contribution in [2.75, 3.05) is 18.1 Å². The number of piperazine rings is 1. The summed E-state index contributed by atoms with van der Waals surface area (Å²) in [6.07, 6.45) is 0. The lowest BCUT2D eigenvalue weighted by Crippen LogP contribution is -2.61. The van der Waals surface area contributed by atoms with Crippen LogP contribution in [0, 0.1) is 13.8 Å². The molecule has 0 saturated carbocycles. The molecule has 1 aromatic carbocycles. The number of aliphatic hydroxyl groups is 1. The summed E-state index contributed by atoms with van der Waals surface area (Å²) < 4.78 is 0. The Morgan fingerprint density at radius 2 is 2.00 bits per heavy atom. The highest BCUT2D eigenvalue weighted by Crippen LogP contribution is 2.28. The predicted octanol–water partition coefficient (Wildman–Crippen LogP) is 0.989. The summed E-state index contributed by atoms with van der Waals surface area (Å²) in [5, 5.41) is 12.3. The van der Waals surface area contributed by atoms with Crippen LogP contribution in [0.15, 0.2) is 18.2 Å². The summed E-state index contributed by atoms with van der Waals surface area (Å²) in [5.41, 5.74) is 3.34. The second-order valence-electron chi connectivity index (χ2n) is 5.00. The van der Waals surface area contributed by atoms with E-state index in [2.05, 4.69) is 5.32 Å². The van der Waals surface area contributed by atoms with Crippen LogP contribution in [0.3, 0.4) is 0 Å². The maximum atomic E-state index is 11.9. The first-order valence-corrected chi connectivity index (χ1v) is 6.28. The van der Waals surface area contributed by atoms with Crippen molar-refractivity contribution >= 4 is 11.6 Å². The zero-order valence-corrected chi connectivity index (χ0v) is 11.1. The summed E-state index contributed by atoms with van der Waals surface area (Å²) in [6, 6.07) is 5.69. The van der Waals surface area contributed by atoms with E-state index in [-0.39, 0.29) is 18.6 Å².